The lowest BCUT2D eigenvalue weighted by Crippen LogP contribution is -2.39. The van der Waals surface area contributed by atoms with E-state index in [2.05, 4.69) is 77.1 Å². The molecule has 0 bridgehead atoms. The average Bonchev–Trinajstić information content (AvgIpc) is 2.75. The summed E-state index contributed by atoms with van der Waals surface area (Å²) >= 11 is 0. The summed E-state index contributed by atoms with van der Waals surface area (Å²) in [7, 11) is 0. The Balaban J connectivity index is 2.13. The Hall–Kier alpha value is -2.59. The Kier molecular flexibility index (Phi) is 7.22. The molecule has 1 heterocycles. The van der Waals surface area contributed by atoms with Gasteiger partial charge >= 0.3 is 0 Å². The molecule has 2 aromatic carbocycles. The standard InChI is InChI=1S/C27H37N3O/c1-7-9-18-31-24-16-14-22(20-10-12-21(13-11-20)27(4,5)6)23-15-17-25(28)30(26(23)24)29-19(3)8-2/h10-17,25H,7-9,18,28H2,1-6H3/b29-19-. The van der Waals surface area contributed by atoms with E-state index in [-0.39, 0.29) is 11.6 Å². The van der Waals surface area contributed by atoms with Crippen LogP contribution >= 0.6 is 0 Å². The van der Waals surface area contributed by atoms with E-state index in [1.807, 2.05) is 18.0 Å². The quantitative estimate of drug-likeness (QED) is 0.400. The van der Waals surface area contributed by atoms with Crippen LogP contribution in [0.2, 0.25) is 0 Å². The average molecular weight is 420 g/mol. The van der Waals surface area contributed by atoms with Gasteiger partial charge in [-0.25, -0.2) is 5.01 Å². The Morgan fingerprint density at radius 2 is 1.81 bits per heavy atom. The molecule has 3 rings (SSSR count). The number of hydrogen-bond acceptors (Lipinski definition) is 4. The van der Waals surface area contributed by atoms with Gasteiger partial charge in [-0.05, 0) is 60.1 Å². The number of rotatable bonds is 7. The first-order valence-corrected chi connectivity index (χ1v) is 11.4. The minimum atomic E-state index is -0.318. The van der Waals surface area contributed by atoms with Crippen molar-refractivity contribution in [2.24, 2.45) is 10.8 Å². The molecule has 2 aromatic rings. The van der Waals surface area contributed by atoms with E-state index < -0.39 is 0 Å². The van der Waals surface area contributed by atoms with Gasteiger partial charge in [0.2, 0.25) is 0 Å². The monoisotopic (exact) mass is 419 g/mol. The number of fused-ring (bicyclic) bond motifs is 1. The van der Waals surface area contributed by atoms with Crippen LogP contribution in [0.4, 0.5) is 5.69 Å². The molecule has 1 atom stereocenters. The predicted molar refractivity (Wildman–Crippen MR) is 134 cm³/mol. The van der Waals surface area contributed by atoms with Crippen molar-refractivity contribution in [3.63, 3.8) is 0 Å². The molecule has 1 aliphatic heterocycles. The van der Waals surface area contributed by atoms with Crippen molar-refractivity contribution in [2.45, 2.75) is 72.4 Å². The number of anilines is 1. The van der Waals surface area contributed by atoms with Crippen LogP contribution < -0.4 is 15.5 Å². The largest absolute Gasteiger partial charge is 0.491 e. The predicted octanol–water partition coefficient (Wildman–Crippen LogP) is 6.73. The van der Waals surface area contributed by atoms with Crippen LogP contribution in [0.1, 0.15) is 71.9 Å². The zero-order chi connectivity index (χ0) is 22.6. The lowest BCUT2D eigenvalue weighted by molar-refractivity contribution is 0.309. The highest BCUT2D eigenvalue weighted by molar-refractivity contribution is 5.90. The summed E-state index contributed by atoms with van der Waals surface area (Å²) in [5.74, 6) is 0.839. The van der Waals surface area contributed by atoms with Crippen molar-refractivity contribution in [1.82, 2.24) is 0 Å². The van der Waals surface area contributed by atoms with E-state index in [4.69, 9.17) is 15.6 Å². The topological polar surface area (TPSA) is 50.8 Å². The summed E-state index contributed by atoms with van der Waals surface area (Å²) in [6, 6.07) is 13.1. The SMILES string of the molecule is CCCCOc1ccc(-c2ccc(C(C)(C)C)cc2)c2c1N(/N=C(/C)CC)C(N)C=C2. The maximum absolute atomic E-state index is 6.45. The fraction of sp³-hybridized carbons (Fsp3) is 0.444. The highest BCUT2D eigenvalue weighted by atomic mass is 16.5. The van der Waals surface area contributed by atoms with Crippen molar-refractivity contribution in [3.8, 4) is 16.9 Å². The number of nitrogens with two attached hydrogens (primary N) is 1. The van der Waals surface area contributed by atoms with Crippen LogP contribution in [0.15, 0.2) is 47.6 Å². The molecule has 0 aliphatic carbocycles. The Morgan fingerprint density at radius 3 is 2.42 bits per heavy atom. The third kappa shape index (κ3) is 5.19. The van der Waals surface area contributed by atoms with E-state index in [0.29, 0.717) is 6.61 Å². The number of unbranched alkanes of at least 4 members (excludes halogenated alkanes) is 1. The van der Waals surface area contributed by atoms with Crippen molar-refractivity contribution >= 4 is 17.5 Å². The number of hydrogen-bond donors (Lipinski definition) is 1. The summed E-state index contributed by atoms with van der Waals surface area (Å²) in [6.07, 6.45) is 6.80. The van der Waals surface area contributed by atoms with Crippen LogP contribution in [0.5, 0.6) is 5.75 Å². The van der Waals surface area contributed by atoms with Gasteiger partial charge in [-0.15, -0.1) is 0 Å². The minimum absolute atomic E-state index is 0.130. The first-order valence-electron chi connectivity index (χ1n) is 11.4. The third-order valence-corrected chi connectivity index (χ3v) is 5.76. The van der Waals surface area contributed by atoms with E-state index in [1.165, 1.54) is 11.1 Å². The number of hydrazone groups is 1. The van der Waals surface area contributed by atoms with E-state index in [9.17, 15) is 0 Å². The van der Waals surface area contributed by atoms with E-state index in [1.54, 1.807) is 0 Å². The molecular formula is C27H37N3O. The Bertz CT molecular complexity index is 952. The van der Waals surface area contributed by atoms with E-state index >= 15 is 0 Å². The van der Waals surface area contributed by atoms with Gasteiger partial charge in [-0.2, -0.15) is 5.10 Å². The van der Waals surface area contributed by atoms with Gasteiger partial charge in [-0.1, -0.05) is 71.4 Å². The third-order valence-electron chi connectivity index (χ3n) is 5.76. The molecule has 0 saturated heterocycles. The van der Waals surface area contributed by atoms with Gasteiger partial charge in [0, 0.05) is 11.3 Å². The molecule has 0 spiro atoms. The van der Waals surface area contributed by atoms with E-state index in [0.717, 1.165) is 47.5 Å². The van der Waals surface area contributed by atoms with Crippen molar-refractivity contribution in [3.05, 3.63) is 53.6 Å². The fourth-order valence-corrected chi connectivity index (χ4v) is 3.63. The second-order valence-electron chi connectivity index (χ2n) is 9.29. The van der Waals surface area contributed by atoms with Gasteiger partial charge < -0.3 is 10.5 Å². The molecule has 1 unspecified atom stereocenters. The summed E-state index contributed by atoms with van der Waals surface area (Å²) in [5, 5.41) is 6.76. The Morgan fingerprint density at radius 1 is 1.10 bits per heavy atom. The van der Waals surface area contributed by atoms with Gasteiger partial charge in [0.1, 0.15) is 17.6 Å². The fourth-order valence-electron chi connectivity index (χ4n) is 3.63. The normalized spacial score (nSPS) is 16.4. The van der Waals surface area contributed by atoms with Gasteiger partial charge in [0.05, 0.1) is 6.61 Å². The van der Waals surface area contributed by atoms with Gasteiger partial charge in [-0.3, -0.25) is 0 Å². The zero-order valence-electron chi connectivity index (χ0n) is 19.9. The van der Waals surface area contributed by atoms with Crippen LogP contribution in [-0.2, 0) is 5.41 Å². The summed E-state index contributed by atoms with van der Waals surface area (Å²) in [5.41, 5.74) is 13.3. The maximum Gasteiger partial charge on any atom is 0.145 e. The molecule has 0 saturated carbocycles. The molecular weight excluding hydrogens is 382 g/mol. The first kappa shape index (κ1) is 23.1. The van der Waals surface area contributed by atoms with Crippen LogP contribution in [-0.4, -0.2) is 18.5 Å². The van der Waals surface area contributed by atoms with Crippen LogP contribution in [0.3, 0.4) is 0 Å². The highest BCUT2D eigenvalue weighted by Gasteiger charge is 2.26. The summed E-state index contributed by atoms with van der Waals surface area (Å²) < 4.78 is 6.19. The molecule has 31 heavy (non-hydrogen) atoms. The second-order valence-corrected chi connectivity index (χ2v) is 9.29. The van der Waals surface area contributed by atoms with Crippen LogP contribution in [0, 0.1) is 0 Å². The van der Waals surface area contributed by atoms with Crippen molar-refractivity contribution < 1.29 is 4.74 Å². The minimum Gasteiger partial charge on any atom is -0.491 e. The van der Waals surface area contributed by atoms with Crippen molar-refractivity contribution in [1.29, 1.82) is 0 Å². The number of nitrogens with zero attached hydrogens (tertiary/aromatic N) is 2. The smallest absolute Gasteiger partial charge is 0.145 e. The summed E-state index contributed by atoms with van der Waals surface area (Å²) in [6.45, 7) is 13.7. The molecule has 0 amide bonds. The first-order chi connectivity index (χ1) is 14.8. The van der Waals surface area contributed by atoms with Gasteiger partial charge in [0.15, 0.2) is 0 Å². The molecule has 166 valence electrons. The summed E-state index contributed by atoms with van der Waals surface area (Å²) in [4.78, 5) is 0. The number of ether oxygens (including phenoxy) is 1. The highest BCUT2D eigenvalue weighted by Crippen LogP contribution is 2.43. The van der Waals surface area contributed by atoms with Crippen LogP contribution in [0.25, 0.3) is 17.2 Å². The molecule has 0 radical (unpaired) electrons. The molecule has 4 heteroatoms. The zero-order valence-corrected chi connectivity index (χ0v) is 19.9. The molecule has 1 aliphatic rings. The van der Waals surface area contributed by atoms with Crippen molar-refractivity contribution in [2.75, 3.05) is 11.6 Å². The lowest BCUT2D eigenvalue weighted by Gasteiger charge is -2.32. The lowest BCUT2D eigenvalue weighted by atomic mass is 9.85. The molecule has 0 aromatic heterocycles. The van der Waals surface area contributed by atoms with Gasteiger partial charge in [0.25, 0.3) is 0 Å². The maximum atomic E-state index is 6.45. The Labute approximate surface area is 187 Å². The molecule has 2 N–H and O–H groups in total. The number of benzene rings is 2. The molecule has 4 nitrogen and oxygen atoms in total. The molecule has 0 fully saturated rings. The second kappa shape index (κ2) is 9.69.